The van der Waals surface area contributed by atoms with E-state index >= 15 is 0 Å². The fourth-order valence-electron chi connectivity index (χ4n) is 1.86. The van der Waals surface area contributed by atoms with Crippen LogP contribution in [0.1, 0.15) is 17.6 Å². The van der Waals surface area contributed by atoms with Gasteiger partial charge in [-0.3, -0.25) is 4.98 Å². The van der Waals surface area contributed by atoms with Crippen molar-refractivity contribution in [2.75, 3.05) is 0 Å². The third kappa shape index (κ3) is 2.32. The maximum absolute atomic E-state index is 13.1. The van der Waals surface area contributed by atoms with Crippen molar-refractivity contribution in [3.63, 3.8) is 0 Å². The molecule has 19 heavy (non-hydrogen) atoms. The molecule has 0 saturated carbocycles. The molecule has 1 atom stereocenters. The zero-order valence-electron chi connectivity index (χ0n) is 9.68. The molecule has 0 amide bonds. The van der Waals surface area contributed by atoms with Crippen LogP contribution >= 0.6 is 11.6 Å². The van der Waals surface area contributed by atoms with E-state index in [-0.39, 0.29) is 5.82 Å². The van der Waals surface area contributed by atoms with E-state index in [9.17, 15) is 9.50 Å². The highest BCUT2D eigenvalue weighted by Gasteiger charge is 2.17. The summed E-state index contributed by atoms with van der Waals surface area (Å²) in [7, 11) is 0. The summed E-state index contributed by atoms with van der Waals surface area (Å²) in [6.07, 6.45) is 0.440. The van der Waals surface area contributed by atoms with Gasteiger partial charge in [0.15, 0.2) is 6.10 Å². The smallest absolute Gasteiger partial charge is 0.153 e. The van der Waals surface area contributed by atoms with Crippen molar-refractivity contribution in [1.29, 1.82) is 0 Å². The van der Waals surface area contributed by atoms with E-state index in [0.29, 0.717) is 27.4 Å². The van der Waals surface area contributed by atoms with Gasteiger partial charge in [0.2, 0.25) is 0 Å². The van der Waals surface area contributed by atoms with Gasteiger partial charge in [-0.2, -0.15) is 0 Å². The first-order chi connectivity index (χ1) is 9.13. The fourth-order valence-corrected chi connectivity index (χ4v) is 1.98. The van der Waals surface area contributed by atoms with Crippen molar-refractivity contribution < 1.29 is 13.9 Å². The van der Waals surface area contributed by atoms with Gasteiger partial charge in [-0.1, -0.05) is 11.6 Å². The number of pyridine rings is 1. The predicted octanol–water partition coefficient (Wildman–Crippen LogP) is 3.70. The summed E-state index contributed by atoms with van der Waals surface area (Å²) in [4.78, 5) is 4.03. The van der Waals surface area contributed by atoms with E-state index in [4.69, 9.17) is 16.0 Å². The lowest BCUT2D eigenvalue weighted by atomic mass is 10.1. The Morgan fingerprint density at radius 2 is 2.05 bits per heavy atom. The lowest BCUT2D eigenvalue weighted by molar-refractivity contribution is 0.187. The summed E-state index contributed by atoms with van der Waals surface area (Å²) in [5.41, 5.74) is 0.938. The number of benzene rings is 1. The minimum atomic E-state index is -1.01. The Labute approximate surface area is 113 Å². The van der Waals surface area contributed by atoms with Gasteiger partial charge >= 0.3 is 0 Å². The number of hydrogen-bond acceptors (Lipinski definition) is 3. The van der Waals surface area contributed by atoms with Gasteiger partial charge in [0.05, 0.1) is 10.7 Å². The second-order valence-corrected chi connectivity index (χ2v) is 4.57. The highest BCUT2D eigenvalue weighted by molar-refractivity contribution is 6.30. The van der Waals surface area contributed by atoms with Crippen LogP contribution in [0.2, 0.25) is 5.02 Å². The van der Waals surface area contributed by atoms with Gasteiger partial charge in [-0.25, -0.2) is 4.39 Å². The number of halogens is 2. The number of fused-ring (bicyclic) bond motifs is 1. The number of rotatable bonds is 2. The van der Waals surface area contributed by atoms with Gasteiger partial charge < -0.3 is 9.52 Å². The van der Waals surface area contributed by atoms with Crippen molar-refractivity contribution in [1.82, 2.24) is 4.98 Å². The SMILES string of the molecule is OC(c1ccc(Cl)cn1)c1cc2cc(F)ccc2o1. The van der Waals surface area contributed by atoms with E-state index in [1.54, 1.807) is 18.2 Å². The second-order valence-electron chi connectivity index (χ2n) is 4.13. The summed E-state index contributed by atoms with van der Waals surface area (Å²) in [6, 6.07) is 9.03. The van der Waals surface area contributed by atoms with E-state index in [1.807, 2.05) is 0 Å². The quantitative estimate of drug-likeness (QED) is 0.777. The molecule has 5 heteroatoms. The molecule has 2 heterocycles. The van der Waals surface area contributed by atoms with Crippen LogP contribution in [-0.4, -0.2) is 10.1 Å². The first-order valence-electron chi connectivity index (χ1n) is 5.62. The molecule has 0 aliphatic rings. The highest BCUT2D eigenvalue weighted by atomic mass is 35.5. The molecule has 1 N–H and O–H groups in total. The molecule has 1 aromatic carbocycles. The first kappa shape index (κ1) is 12.1. The minimum Gasteiger partial charge on any atom is -0.458 e. The maximum Gasteiger partial charge on any atom is 0.153 e. The van der Waals surface area contributed by atoms with Gasteiger partial charge in [0.1, 0.15) is 17.2 Å². The molecule has 0 fully saturated rings. The van der Waals surface area contributed by atoms with Crippen LogP contribution in [0.15, 0.2) is 47.0 Å². The van der Waals surface area contributed by atoms with E-state index < -0.39 is 6.10 Å². The van der Waals surface area contributed by atoms with Crippen LogP contribution < -0.4 is 0 Å². The Morgan fingerprint density at radius 1 is 1.21 bits per heavy atom. The molecular weight excluding hydrogens is 269 g/mol. The molecule has 0 saturated heterocycles. The lowest BCUT2D eigenvalue weighted by Crippen LogP contribution is -2.00. The van der Waals surface area contributed by atoms with Crippen molar-refractivity contribution in [2.24, 2.45) is 0 Å². The average Bonchev–Trinajstić information content (AvgIpc) is 2.81. The van der Waals surface area contributed by atoms with Crippen LogP contribution in [0.4, 0.5) is 4.39 Å². The van der Waals surface area contributed by atoms with Gasteiger partial charge in [0, 0.05) is 11.6 Å². The Hall–Kier alpha value is -1.91. The zero-order valence-corrected chi connectivity index (χ0v) is 10.4. The summed E-state index contributed by atoms with van der Waals surface area (Å²) < 4.78 is 18.6. The zero-order chi connectivity index (χ0) is 13.4. The van der Waals surface area contributed by atoms with Crippen molar-refractivity contribution in [3.05, 3.63) is 64.9 Å². The topological polar surface area (TPSA) is 46.3 Å². The van der Waals surface area contributed by atoms with E-state index in [2.05, 4.69) is 4.98 Å². The van der Waals surface area contributed by atoms with Gasteiger partial charge in [-0.05, 0) is 36.4 Å². The molecular formula is C14H9ClFNO2. The molecule has 2 aromatic heterocycles. The Kier molecular flexibility index (Phi) is 2.97. The molecule has 3 aromatic rings. The van der Waals surface area contributed by atoms with Crippen molar-refractivity contribution in [2.45, 2.75) is 6.10 Å². The molecule has 3 rings (SSSR count). The number of aromatic nitrogens is 1. The third-order valence-electron chi connectivity index (χ3n) is 2.80. The number of nitrogens with zero attached hydrogens (tertiary/aromatic N) is 1. The summed E-state index contributed by atoms with van der Waals surface area (Å²) in [5.74, 6) is -0.0330. The molecule has 0 aliphatic heterocycles. The summed E-state index contributed by atoms with van der Waals surface area (Å²) in [5, 5.41) is 11.2. The van der Waals surface area contributed by atoms with E-state index in [0.717, 1.165) is 0 Å². The van der Waals surface area contributed by atoms with Crippen LogP contribution in [0.25, 0.3) is 11.0 Å². The molecule has 3 nitrogen and oxygen atoms in total. The predicted molar refractivity (Wildman–Crippen MR) is 69.5 cm³/mol. The molecule has 0 bridgehead atoms. The van der Waals surface area contributed by atoms with E-state index in [1.165, 1.54) is 24.4 Å². The highest BCUT2D eigenvalue weighted by Crippen LogP contribution is 2.28. The molecule has 96 valence electrons. The molecule has 0 spiro atoms. The van der Waals surface area contributed by atoms with Crippen LogP contribution in [0, 0.1) is 5.82 Å². The number of aliphatic hydroxyl groups is 1. The largest absolute Gasteiger partial charge is 0.458 e. The molecule has 1 unspecified atom stereocenters. The number of hydrogen-bond donors (Lipinski definition) is 1. The monoisotopic (exact) mass is 277 g/mol. The second kappa shape index (κ2) is 4.64. The van der Waals surface area contributed by atoms with Crippen LogP contribution in [0.3, 0.4) is 0 Å². The van der Waals surface area contributed by atoms with Crippen LogP contribution in [-0.2, 0) is 0 Å². The summed E-state index contributed by atoms with van der Waals surface area (Å²) in [6.45, 7) is 0. The fraction of sp³-hybridized carbons (Fsp3) is 0.0714. The van der Waals surface area contributed by atoms with Crippen LogP contribution in [0.5, 0.6) is 0 Å². The Balaban J connectivity index is 2.01. The molecule has 0 aliphatic carbocycles. The Morgan fingerprint density at radius 3 is 2.79 bits per heavy atom. The van der Waals surface area contributed by atoms with Gasteiger partial charge in [-0.15, -0.1) is 0 Å². The van der Waals surface area contributed by atoms with Crippen molar-refractivity contribution >= 4 is 22.6 Å². The minimum absolute atomic E-state index is 0.315. The maximum atomic E-state index is 13.1. The molecule has 0 radical (unpaired) electrons. The Bertz CT molecular complexity index is 724. The lowest BCUT2D eigenvalue weighted by Gasteiger charge is -2.06. The first-order valence-corrected chi connectivity index (χ1v) is 6.00. The summed E-state index contributed by atoms with van der Waals surface area (Å²) >= 11 is 5.73. The third-order valence-corrected chi connectivity index (χ3v) is 3.02. The van der Waals surface area contributed by atoms with Gasteiger partial charge in [0.25, 0.3) is 0 Å². The number of aliphatic hydroxyl groups excluding tert-OH is 1. The normalized spacial score (nSPS) is 12.8. The average molecular weight is 278 g/mol. The number of furan rings is 1. The van der Waals surface area contributed by atoms with Crippen molar-refractivity contribution in [3.8, 4) is 0 Å². The standard InChI is InChI=1S/C14H9ClFNO2/c15-9-1-3-11(17-7-9)14(18)13-6-8-5-10(16)2-4-12(8)19-13/h1-7,14,18H.